The standard InChI is InChI=1S/C21H24Cl2N2O3S/c22-18-9-10-19(23)20(15-18)29(27,28)25(14-11-17-7-3-1-4-8-17)16-21(26)24-12-5-2-6-13-24/h1,3-4,7-10,15H,2,5-6,11-14,16H2. The molecule has 8 heteroatoms. The van der Waals surface area contributed by atoms with Crippen LogP contribution in [-0.4, -0.2) is 49.7 Å². The van der Waals surface area contributed by atoms with Gasteiger partial charge in [0.15, 0.2) is 0 Å². The smallest absolute Gasteiger partial charge is 0.245 e. The molecule has 0 spiro atoms. The maximum atomic E-state index is 13.4. The van der Waals surface area contributed by atoms with Gasteiger partial charge in [-0.05, 0) is 49.4 Å². The number of likely N-dealkylation sites (tertiary alicyclic amines) is 1. The van der Waals surface area contributed by atoms with E-state index in [0.29, 0.717) is 19.5 Å². The van der Waals surface area contributed by atoms with Crippen molar-refractivity contribution >= 4 is 39.1 Å². The van der Waals surface area contributed by atoms with Crippen LogP contribution in [0.25, 0.3) is 0 Å². The first kappa shape index (κ1) is 22.1. The first-order chi connectivity index (χ1) is 13.9. The quantitative estimate of drug-likeness (QED) is 0.628. The first-order valence-electron chi connectivity index (χ1n) is 9.65. The van der Waals surface area contributed by atoms with Gasteiger partial charge in [-0.25, -0.2) is 8.42 Å². The zero-order valence-corrected chi connectivity index (χ0v) is 18.4. The highest BCUT2D eigenvalue weighted by molar-refractivity contribution is 7.89. The van der Waals surface area contributed by atoms with Crippen LogP contribution in [-0.2, 0) is 21.2 Å². The number of halogens is 2. The zero-order chi connectivity index (χ0) is 20.9. The first-order valence-corrected chi connectivity index (χ1v) is 11.8. The molecular formula is C21H24Cl2N2O3S. The number of hydrogen-bond donors (Lipinski definition) is 0. The van der Waals surface area contributed by atoms with Gasteiger partial charge in [-0.1, -0.05) is 53.5 Å². The van der Waals surface area contributed by atoms with Crippen molar-refractivity contribution < 1.29 is 13.2 Å². The summed E-state index contributed by atoms with van der Waals surface area (Å²) in [5.74, 6) is -0.181. The average molecular weight is 455 g/mol. The number of amides is 1. The van der Waals surface area contributed by atoms with Gasteiger partial charge in [0.2, 0.25) is 15.9 Å². The summed E-state index contributed by atoms with van der Waals surface area (Å²) in [4.78, 5) is 14.5. The lowest BCUT2D eigenvalue weighted by atomic mass is 10.1. The Bertz CT molecular complexity index is 946. The molecule has 1 aliphatic heterocycles. The Morgan fingerprint density at radius 2 is 1.69 bits per heavy atom. The Morgan fingerprint density at radius 3 is 2.38 bits per heavy atom. The highest BCUT2D eigenvalue weighted by atomic mass is 35.5. The fourth-order valence-corrected chi connectivity index (χ4v) is 5.52. The van der Waals surface area contributed by atoms with E-state index < -0.39 is 10.0 Å². The zero-order valence-electron chi connectivity index (χ0n) is 16.1. The molecule has 5 nitrogen and oxygen atoms in total. The largest absolute Gasteiger partial charge is 0.342 e. The second-order valence-corrected chi connectivity index (χ2v) is 9.84. The van der Waals surface area contributed by atoms with Gasteiger partial charge in [0, 0.05) is 24.7 Å². The van der Waals surface area contributed by atoms with Crippen LogP contribution in [0.1, 0.15) is 24.8 Å². The van der Waals surface area contributed by atoms with Gasteiger partial charge in [0.1, 0.15) is 4.90 Å². The van der Waals surface area contributed by atoms with Gasteiger partial charge in [-0.3, -0.25) is 4.79 Å². The highest BCUT2D eigenvalue weighted by Crippen LogP contribution is 2.28. The van der Waals surface area contributed by atoms with Gasteiger partial charge in [0.25, 0.3) is 0 Å². The van der Waals surface area contributed by atoms with Crippen LogP contribution < -0.4 is 0 Å². The van der Waals surface area contributed by atoms with Crippen molar-refractivity contribution in [2.75, 3.05) is 26.2 Å². The van der Waals surface area contributed by atoms with Gasteiger partial charge in [-0.15, -0.1) is 0 Å². The Hall–Kier alpha value is -1.60. The molecule has 0 unspecified atom stereocenters. The van der Waals surface area contributed by atoms with Gasteiger partial charge in [-0.2, -0.15) is 4.31 Å². The van der Waals surface area contributed by atoms with E-state index in [0.717, 1.165) is 24.8 Å². The van der Waals surface area contributed by atoms with Crippen molar-refractivity contribution in [3.8, 4) is 0 Å². The van der Waals surface area contributed by atoms with Crippen molar-refractivity contribution in [3.05, 3.63) is 64.1 Å². The van der Waals surface area contributed by atoms with Crippen molar-refractivity contribution in [2.45, 2.75) is 30.6 Å². The molecule has 1 heterocycles. The monoisotopic (exact) mass is 454 g/mol. The van der Waals surface area contributed by atoms with E-state index in [4.69, 9.17) is 23.2 Å². The van der Waals surface area contributed by atoms with E-state index in [1.165, 1.54) is 22.5 Å². The van der Waals surface area contributed by atoms with Crippen LogP contribution >= 0.6 is 23.2 Å². The molecule has 0 aromatic heterocycles. The predicted octanol–water partition coefficient (Wildman–Crippen LogP) is 4.24. The van der Waals surface area contributed by atoms with Crippen molar-refractivity contribution in [1.29, 1.82) is 0 Å². The molecule has 0 atom stereocenters. The summed E-state index contributed by atoms with van der Waals surface area (Å²) in [5.41, 5.74) is 0.996. The summed E-state index contributed by atoms with van der Waals surface area (Å²) in [5, 5.41) is 0.364. The predicted molar refractivity (Wildman–Crippen MR) is 116 cm³/mol. The summed E-state index contributed by atoms with van der Waals surface area (Å²) in [7, 11) is -3.99. The number of rotatable bonds is 7. The van der Waals surface area contributed by atoms with Crippen LogP contribution in [0.4, 0.5) is 0 Å². The minimum absolute atomic E-state index is 0.0776. The molecule has 1 amide bonds. The average Bonchev–Trinajstić information content (AvgIpc) is 2.73. The Morgan fingerprint density at radius 1 is 1.00 bits per heavy atom. The van der Waals surface area contributed by atoms with E-state index in [-0.39, 0.29) is 33.9 Å². The molecule has 2 aromatic rings. The van der Waals surface area contributed by atoms with E-state index in [2.05, 4.69) is 0 Å². The Kier molecular flexibility index (Phi) is 7.57. The minimum Gasteiger partial charge on any atom is -0.342 e. The number of carbonyl (C=O) groups excluding carboxylic acids is 1. The molecule has 1 aliphatic rings. The summed E-state index contributed by atoms with van der Waals surface area (Å²) in [6, 6.07) is 13.9. The molecule has 3 rings (SSSR count). The lowest BCUT2D eigenvalue weighted by Crippen LogP contribution is -2.45. The van der Waals surface area contributed by atoms with Crippen molar-refractivity contribution in [3.63, 3.8) is 0 Å². The van der Waals surface area contributed by atoms with Gasteiger partial charge in [0.05, 0.1) is 11.6 Å². The van der Waals surface area contributed by atoms with Gasteiger partial charge >= 0.3 is 0 Å². The van der Waals surface area contributed by atoms with E-state index in [9.17, 15) is 13.2 Å². The van der Waals surface area contributed by atoms with E-state index in [1.54, 1.807) is 4.90 Å². The highest BCUT2D eigenvalue weighted by Gasteiger charge is 2.30. The molecule has 1 saturated heterocycles. The summed E-state index contributed by atoms with van der Waals surface area (Å²) < 4.78 is 27.9. The minimum atomic E-state index is -3.99. The molecule has 0 aliphatic carbocycles. The number of hydrogen-bond acceptors (Lipinski definition) is 3. The molecule has 1 fully saturated rings. The molecule has 2 aromatic carbocycles. The number of benzene rings is 2. The van der Waals surface area contributed by atoms with Gasteiger partial charge < -0.3 is 4.90 Å². The molecule has 0 N–H and O–H groups in total. The van der Waals surface area contributed by atoms with Crippen LogP contribution in [0.2, 0.25) is 10.0 Å². The Balaban J connectivity index is 1.86. The van der Waals surface area contributed by atoms with Crippen molar-refractivity contribution in [1.82, 2.24) is 9.21 Å². The number of sulfonamides is 1. The van der Waals surface area contributed by atoms with Crippen LogP contribution in [0.5, 0.6) is 0 Å². The molecule has 156 valence electrons. The topological polar surface area (TPSA) is 57.7 Å². The molecule has 0 bridgehead atoms. The molecule has 0 radical (unpaired) electrons. The third kappa shape index (κ3) is 5.72. The van der Waals surface area contributed by atoms with E-state index >= 15 is 0 Å². The Labute approximate surface area is 182 Å². The molecule has 29 heavy (non-hydrogen) atoms. The maximum absolute atomic E-state index is 13.4. The maximum Gasteiger partial charge on any atom is 0.245 e. The lowest BCUT2D eigenvalue weighted by molar-refractivity contribution is -0.132. The molecular weight excluding hydrogens is 431 g/mol. The van der Waals surface area contributed by atoms with Crippen LogP contribution in [0.15, 0.2) is 53.4 Å². The normalized spacial score (nSPS) is 14.9. The summed E-state index contributed by atoms with van der Waals surface area (Å²) >= 11 is 12.2. The number of nitrogens with zero attached hydrogens (tertiary/aromatic N) is 2. The lowest BCUT2D eigenvalue weighted by Gasteiger charge is -2.30. The van der Waals surface area contributed by atoms with Crippen LogP contribution in [0, 0.1) is 0 Å². The van der Waals surface area contributed by atoms with Crippen LogP contribution in [0.3, 0.4) is 0 Å². The summed E-state index contributed by atoms with van der Waals surface area (Å²) in [6.45, 7) is 1.30. The third-order valence-electron chi connectivity index (χ3n) is 5.02. The second kappa shape index (κ2) is 9.94. The SMILES string of the molecule is O=C(CN(CCc1ccccc1)S(=O)(=O)c1cc(Cl)ccc1Cl)N1CCCCC1. The fourth-order valence-electron chi connectivity index (χ4n) is 3.39. The summed E-state index contributed by atoms with van der Waals surface area (Å²) in [6.07, 6.45) is 3.48. The van der Waals surface area contributed by atoms with Crippen molar-refractivity contribution in [2.24, 2.45) is 0 Å². The second-order valence-electron chi connectivity index (χ2n) is 7.09. The fraction of sp³-hybridized carbons (Fsp3) is 0.381. The molecule has 0 saturated carbocycles. The van der Waals surface area contributed by atoms with E-state index in [1.807, 2.05) is 30.3 Å². The number of carbonyl (C=O) groups is 1. The number of piperidine rings is 1. The third-order valence-corrected chi connectivity index (χ3v) is 7.59.